The summed E-state index contributed by atoms with van der Waals surface area (Å²) in [5, 5.41) is 10.2. The van der Waals surface area contributed by atoms with Crippen molar-refractivity contribution in [3.63, 3.8) is 0 Å². The van der Waals surface area contributed by atoms with Crippen LogP contribution in [0, 0.1) is 11.3 Å². The van der Waals surface area contributed by atoms with Gasteiger partial charge in [-0.3, -0.25) is 4.98 Å². The number of hydrogen-bond donors (Lipinski definition) is 1. The van der Waals surface area contributed by atoms with Crippen molar-refractivity contribution < 1.29 is 21.6 Å². The van der Waals surface area contributed by atoms with Crippen molar-refractivity contribution in [3.05, 3.63) is 65.3 Å². The van der Waals surface area contributed by atoms with Crippen LogP contribution in [0.1, 0.15) is 12.5 Å². The lowest BCUT2D eigenvalue weighted by molar-refractivity contribution is -0.147. The number of pyridine rings is 1. The maximum atomic E-state index is 12.8. The predicted octanol–water partition coefficient (Wildman–Crippen LogP) is 4.87. The number of aromatic nitrogens is 2. The van der Waals surface area contributed by atoms with E-state index < -0.39 is 22.2 Å². The van der Waals surface area contributed by atoms with Gasteiger partial charge in [-0.25, -0.2) is 8.42 Å². The summed E-state index contributed by atoms with van der Waals surface area (Å²) in [6.07, 6.45) is 2.18. The van der Waals surface area contributed by atoms with Crippen LogP contribution < -0.4 is 4.72 Å². The number of sulfonamides is 1. The van der Waals surface area contributed by atoms with E-state index in [4.69, 9.17) is 11.6 Å². The molecule has 32 heavy (non-hydrogen) atoms. The molecule has 0 saturated heterocycles. The molecule has 0 fully saturated rings. The summed E-state index contributed by atoms with van der Waals surface area (Å²) in [7, 11) is -4.40. The van der Waals surface area contributed by atoms with Gasteiger partial charge in [-0.15, -0.1) is 0 Å². The molecule has 0 aliphatic heterocycles. The third kappa shape index (κ3) is 3.79. The lowest BCUT2D eigenvalue weighted by atomic mass is 10.1. The maximum Gasteiger partial charge on any atom is 0.404 e. The van der Waals surface area contributed by atoms with E-state index in [9.17, 15) is 26.9 Å². The lowest BCUT2D eigenvalue weighted by Crippen LogP contribution is -2.42. The van der Waals surface area contributed by atoms with E-state index in [-0.39, 0.29) is 10.5 Å². The third-order valence-corrected chi connectivity index (χ3v) is 6.70. The van der Waals surface area contributed by atoms with Gasteiger partial charge in [0.1, 0.15) is 23.2 Å². The first-order valence-electron chi connectivity index (χ1n) is 9.21. The number of hydrogen-bond acceptors (Lipinski definition) is 4. The fourth-order valence-corrected chi connectivity index (χ4v) is 4.66. The summed E-state index contributed by atoms with van der Waals surface area (Å²) in [6, 6.07) is 6.81. The molecule has 164 valence electrons. The molecule has 2 aromatic heterocycles. The first-order valence-corrected chi connectivity index (χ1v) is 11.1. The van der Waals surface area contributed by atoms with E-state index in [1.165, 1.54) is 30.5 Å². The van der Waals surface area contributed by atoms with Crippen molar-refractivity contribution in [3.8, 4) is 17.3 Å². The number of nitriles is 1. The molecule has 0 amide bonds. The summed E-state index contributed by atoms with van der Waals surface area (Å²) in [5.41, 5.74) is 3.00. The lowest BCUT2D eigenvalue weighted by Gasteiger charge is -2.18. The number of halogens is 4. The van der Waals surface area contributed by atoms with Gasteiger partial charge in [0.05, 0.1) is 21.1 Å². The predicted molar refractivity (Wildman–Crippen MR) is 114 cm³/mol. The van der Waals surface area contributed by atoms with Gasteiger partial charge in [0.2, 0.25) is 10.0 Å². The average Bonchev–Trinajstić information content (AvgIpc) is 2.99. The minimum atomic E-state index is -4.71. The van der Waals surface area contributed by atoms with Gasteiger partial charge in [0.25, 0.3) is 0 Å². The first kappa shape index (κ1) is 22.1. The molecule has 0 saturated carbocycles. The second kappa shape index (κ2) is 7.78. The van der Waals surface area contributed by atoms with Crippen LogP contribution >= 0.6 is 11.6 Å². The van der Waals surface area contributed by atoms with Crippen LogP contribution in [0.5, 0.6) is 0 Å². The Morgan fingerprint density at radius 3 is 2.44 bits per heavy atom. The molecule has 0 spiro atoms. The number of nitrogens with one attached hydrogen (secondary N) is 1. The molecule has 0 radical (unpaired) electrons. The molecule has 4 rings (SSSR count). The van der Waals surface area contributed by atoms with Crippen LogP contribution in [0.25, 0.3) is 28.0 Å². The van der Waals surface area contributed by atoms with Crippen LogP contribution in [0.2, 0.25) is 5.02 Å². The minimum absolute atomic E-state index is 0.261. The molecule has 1 aliphatic rings. The molecule has 2 heterocycles. The van der Waals surface area contributed by atoms with Gasteiger partial charge in [0, 0.05) is 17.5 Å². The number of nitrogens with zero attached hydrogens (tertiary/aromatic N) is 3. The zero-order chi connectivity index (χ0) is 23.3. The van der Waals surface area contributed by atoms with E-state index in [0.717, 1.165) is 12.6 Å². The van der Waals surface area contributed by atoms with Crippen LogP contribution in [0.3, 0.4) is 0 Å². The van der Waals surface area contributed by atoms with Crippen LogP contribution in [-0.4, -0.2) is 30.2 Å². The van der Waals surface area contributed by atoms with E-state index in [1.807, 2.05) is 18.2 Å². The number of fused-ring (bicyclic) bond motifs is 1. The minimum Gasteiger partial charge on any atom is -0.306 e. The van der Waals surface area contributed by atoms with E-state index in [0.29, 0.717) is 27.3 Å². The smallest absolute Gasteiger partial charge is 0.306 e. The Balaban J connectivity index is 1.82. The highest BCUT2D eigenvalue weighted by Gasteiger charge is 2.38. The van der Waals surface area contributed by atoms with E-state index in [1.54, 1.807) is 15.4 Å². The van der Waals surface area contributed by atoms with Crippen molar-refractivity contribution in [2.75, 3.05) is 0 Å². The molecule has 0 bridgehead atoms. The summed E-state index contributed by atoms with van der Waals surface area (Å²) < 4.78 is 66.4. The monoisotopic (exact) mass is 478 g/mol. The molecule has 11 heteroatoms. The van der Waals surface area contributed by atoms with Gasteiger partial charge in [-0.1, -0.05) is 29.8 Å². The van der Waals surface area contributed by atoms with E-state index >= 15 is 0 Å². The Hall–Kier alpha value is -3.13. The number of allylic oxidation sites excluding steroid dienone is 4. The topological polar surface area (TPSA) is 87.8 Å². The van der Waals surface area contributed by atoms with Crippen molar-refractivity contribution in [1.82, 2.24) is 14.3 Å². The normalized spacial score (nSPS) is 14.7. The fraction of sp³-hybridized carbons (Fsp3) is 0.143. The van der Waals surface area contributed by atoms with Gasteiger partial charge in [0.15, 0.2) is 0 Å². The van der Waals surface area contributed by atoms with Gasteiger partial charge >= 0.3 is 6.18 Å². The second-order valence-electron chi connectivity index (χ2n) is 7.05. The number of rotatable bonds is 5. The molecule has 1 unspecified atom stereocenters. The molecule has 6 nitrogen and oxygen atoms in total. The SMILES string of the molecule is CC(NS(=O)(=O)c1ccc(-c2c(C#N)c3ncc(Cl)cc3n2C2=CC=C2)cc1)C(F)(F)F. The van der Waals surface area contributed by atoms with Gasteiger partial charge < -0.3 is 4.57 Å². The fourth-order valence-electron chi connectivity index (χ4n) is 3.27. The first-order chi connectivity index (χ1) is 15.0. The van der Waals surface area contributed by atoms with Gasteiger partial charge in [-0.2, -0.15) is 23.2 Å². The van der Waals surface area contributed by atoms with Crippen molar-refractivity contribution in [2.24, 2.45) is 0 Å². The second-order valence-corrected chi connectivity index (χ2v) is 9.20. The van der Waals surface area contributed by atoms with Crippen LogP contribution in [0.4, 0.5) is 13.2 Å². The highest BCUT2D eigenvalue weighted by molar-refractivity contribution is 7.89. The number of alkyl halides is 3. The molecule has 3 aromatic rings. The van der Waals surface area contributed by atoms with Crippen molar-refractivity contribution in [2.45, 2.75) is 24.0 Å². The van der Waals surface area contributed by atoms with Gasteiger partial charge in [-0.05, 0) is 37.3 Å². The summed E-state index contributed by atoms with van der Waals surface area (Å²) in [6.45, 7) is 0.724. The third-order valence-electron chi connectivity index (χ3n) is 4.94. The van der Waals surface area contributed by atoms with Crippen molar-refractivity contribution >= 4 is 38.4 Å². The van der Waals surface area contributed by atoms with Crippen LogP contribution in [0.15, 0.2) is 59.7 Å². The molecular weight excluding hydrogens is 465 g/mol. The molecule has 1 atom stereocenters. The standard InChI is InChI=1S/C21H14ClF3N4O2S/c1-12(21(23,24)25)28-32(30,31)16-7-5-13(6-8-16)20-17(10-26)19-18(9-14(22)11-27-19)29(20)15-3-2-4-15/h2-9,11-12,28H,1H3. The zero-order valence-electron chi connectivity index (χ0n) is 16.4. The largest absolute Gasteiger partial charge is 0.404 e. The Kier molecular flexibility index (Phi) is 5.36. The summed E-state index contributed by atoms with van der Waals surface area (Å²) in [5.74, 6) is 0. The highest BCUT2D eigenvalue weighted by Crippen LogP contribution is 2.37. The average molecular weight is 479 g/mol. The Morgan fingerprint density at radius 2 is 1.91 bits per heavy atom. The van der Waals surface area contributed by atoms with Crippen LogP contribution in [-0.2, 0) is 10.0 Å². The Labute approximate surface area is 186 Å². The Morgan fingerprint density at radius 1 is 1.25 bits per heavy atom. The quantitative estimate of drug-likeness (QED) is 0.566. The van der Waals surface area contributed by atoms with Crippen molar-refractivity contribution in [1.29, 1.82) is 5.26 Å². The molecular formula is C21H14ClF3N4O2S. The Bertz CT molecular complexity index is 1430. The van der Waals surface area contributed by atoms with E-state index in [2.05, 4.69) is 11.1 Å². The number of benzene rings is 1. The summed E-state index contributed by atoms with van der Waals surface area (Å²) >= 11 is 6.10. The maximum absolute atomic E-state index is 12.8. The molecule has 1 N–H and O–H groups in total. The zero-order valence-corrected chi connectivity index (χ0v) is 17.9. The molecule has 1 aliphatic carbocycles. The summed E-state index contributed by atoms with van der Waals surface area (Å²) in [4.78, 5) is 3.94. The molecule has 1 aromatic carbocycles. The highest BCUT2D eigenvalue weighted by atomic mass is 35.5.